The highest BCUT2D eigenvalue weighted by molar-refractivity contribution is 5.04. The summed E-state index contributed by atoms with van der Waals surface area (Å²) in [6, 6.07) is 0.0962. The molecule has 3 rings (SSSR count). The Balaban J connectivity index is 1.64. The third-order valence-corrected chi connectivity index (χ3v) is 3.67. The molecule has 3 fully saturated rings. The van der Waals surface area contributed by atoms with Gasteiger partial charge in [0.25, 0.3) is 0 Å². The smallest absolute Gasteiger partial charge is 0.199 e. The van der Waals surface area contributed by atoms with Gasteiger partial charge in [-0.15, -0.1) is 0 Å². The van der Waals surface area contributed by atoms with Crippen molar-refractivity contribution in [2.75, 3.05) is 39.6 Å². The molecule has 0 aromatic heterocycles. The Morgan fingerprint density at radius 1 is 1.12 bits per heavy atom. The molecule has 0 amide bonds. The zero-order chi connectivity index (χ0) is 11.9. The van der Waals surface area contributed by atoms with E-state index in [-0.39, 0.29) is 17.6 Å². The molecule has 0 aliphatic carbocycles. The van der Waals surface area contributed by atoms with Crippen LogP contribution < -0.4 is 5.32 Å². The maximum Gasteiger partial charge on any atom is 0.199 e. The van der Waals surface area contributed by atoms with E-state index in [9.17, 15) is 0 Å². The monoisotopic (exact) mass is 243 g/mol. The fourth-order valence-electron chi connectivity index (χ4n) is 2.50. The Morgan fingerprint density at radius 3 is 2.41 bits per heavy atom. The van der Waals surface area contributed by atoms with Gasteiger partial charge in [0.1, 0.15) is 6.10 Å². The highest BCUT2D eigenvalue weighted by Crippen LogP contribution is 2.37. The largest absolute Gasteiger partial charge is 0.376 e. The zero-order valence-corrected chi connectivity index (χ0v) is 10.5. The molecule has 0 radical (unpaired) electrons. The molecule has 0 saturated carbocycles. The fraction of sp³-hybridized carbons (Fsp3) is 1.00. The minimum absolute atomic E-state index is 0.0405. The van der Waals surface area contributed by atoms with Crippen molar-refractivity contribution in [2.45, 2.75) is 31.8 Å². The third kappa shape index (κ3) is 2.11. The molecule has 3 aliphatic heterocycles. The van der Waals surface area contributed by atoms with Crippen LogP contribution >= 0.6 is 0 Å². The summed E-state index contributed by atoms with van der Waals surface area (Å²) in [6.07, 6.45) is 0.0405. The van der Waals surface area contributed by atoms with Crippen LogP contribution in [0.1, 0.15) is 13.8 Å². The molecule has 3 saturated heterocycles. The molecule has 2 atom stereocenters. The van der Waals surface area contributed by atoms with E-state index in [1.807, 2.05) is 0 Å². The van der Waals surface area contributed by atoms with E-state index < -0.39 is 5.79 Å². The Kier molecular flexibility index (Phi) is 2.91. The van der Waals surface area contributed by atoms with Crippen molar-refractivity contribution in [2.24, 2.45) is 5.41 Å². The topological polar surface area (TPSA) is 49.0 Å². The van der Waals surface area contributed by atoms with Crippen LogP contribution in [-0.4, -0.2) is 57.5 Å². The predicted octanol–water partition coefficient (Wildman–Crippen LogP) is 0.143. The summed E-state index contributed by atoms with van der Waals surface area (Å²) in [5.41, 5.74) is 0.106. The maximum atomic E-state index is 5.96. The molecular weight excluding hydrogens is 222 g/mol. The summed E-state index contributed by atoms with van der Waals surface area (Å²) in [7, 11) is 0. The van der Waals surface area contributed by atoms with E-state index in [4.69, 9.17) is 18.9 Å². The number of nitrogens with one attached hydrogen (secondary N) is 1. The van der Waals surface area contributed by atoms with Crippen molar-refractivity contribution < 1.29 is 18.9 Å². The van der Waals surface area contributed by atoms with Crippen molar-refractivity contribution in [3.05, 3.63) is 0 Å². The zero-order valence-electron chi connectivity index (χ0n) is 10.5. The van der Waals surface area contributed by atoms with Crippen molar-refractivity contribution in [1.29, 1.82) is 0 Å². The van der Waals surface area contributed by atoms with Crippen LogP contribution in [0.4, 0.5) is 0 Å². The average Bonchev–Trinajstić information content (AvgIpc) is 2.29. The Labute approximate surface area is 102 Å². The van der Waals surface area contributed by atoms with Crippen LogP contribution in [0.5, 0.6) is 0 Å². The first kappa shape index (κ1) is 11.9. The molecule has 0 aromatic carbocycles. The first-order valence-electron chi connectivity index (χ1n) is 6.32. The van der Waals surface area contributed by atoms with E-state index in [0.717, 1.165) is 19.8 Å². The van der Waals surface area contributed by atoms with Gasteiger partial charge in [0, 0.05) is 5.41 Å². The molecule has 17 heavy (non-hydrogen) atoms. The maximum absolute atomic E-state index is 5.96. The molecule has 5 heteroatoms. The number of rotatable bonds is 1. The van der Waals surface area contributed by atoms with Gasteiger partial charge in [-0.3, -0.25) is 0 Å². The second kappa shape index (κ2) is 4.17. The molecule has 98 valence electrons. The minimum atomic E-state index is -0.485. The van der Waals surface area contributed by atoms with Gasteiger partial charge in [0.2, 0.25) is 0 Å². The van der Waals surface area contributed by atoms with E-state index in [1.54, 1.807) is 0 Å². The standard InChI is InChI=1S/C12H21NO4/c1-11(2)7-16-12(17-8-11)6-13-10(12)9-5-14-3-4-15-9/h9-10,13H,3-8H2,1-2H3. The van der Waals surface area contributed by atoms with Crippen LogP contribution in [0.2, 0.25) is 0 Å². The van der Waals surface area contributed by atoms with E-state index >= 15 is 0 Å². The van der Waals surface area contributed by atoms with Gasteiger partial charge in [-0.05, 0) is 0 Å². The lowest BCUT2D eigenvalue weighted by Crippen LogP contribution is -2.77. The van der Waals surface area contributed by atoms with Gasteiger partial charge in [0.15, 0.2) is 5.79 Å². The first-order chi connectivity index (χ1) is 8.11. The number of ether oxygens (including phenoxy) is 4. The van der Waals surface area contributed by atoms with E-state index in [2.05, 4.69) is 19.2 Å². The van der Waals surface area contributed by atoms with Crippen LogP contribution in [0.3, 0.4) is 0 Å². The number of hydrogen-bond acceptors (Lipinski definition) is 5. The second-order valence-corrected chi connectivity index (χ2v) is 5.90. The number of hydrogen-bond donors (Lipinski definition) is 1. The van der Waals surface area contributed by atoms with Gasteiger partial charge >= 0.3 is 0 Å². The molecule has 0 bridgehead atoms. The highest BCUT2D eigenvalue weighted by atomic mass is 16.7. The van der Waals surface area contributed by atoms with Crippen LogP contribution in [-0.2, 0) is 18.9 Å². The van der Waals surface area contributed by atoms with E-state index in [1.165, 1.54) is 0 Å². The van der Waals surface area contributed by atoms with Gasteiger partial charge in [-0.1, -0.05) is 13.8 Å². The van der Waals surface area contributed by atoms with Gasteiger partial charge in [-0.2, -0.15) is 0 Å². The summed E-state index contributed by atoms with van der Waals surface area (Å²) in [5, 5.41) is 3.35. The van der Waals surface area contributed by atoms with Crippen LogP contribution in [0.25, 0.3) is 0 Å². The predicted molar refractivity (Wildman–Crippen MR) is 60.8 cm³/mol. The Bertz CT molecular complexity index is 278. The molecule has 3 heterocycles. The second-order valence-electron chi connectivity index (χ2n) is 5.90. The normalized spacial score (nSPS) is 39.9. The molecule has 1 N–H and O–H groups in total. The van der Waals surface area contributed by atoms with Crippen molar-refractivity contribution in [1.82, 2.24) is 5.32 Å². The summed E-state index contributed by atoms with van der Waals surface area (Å²) < 4.78 is 23.1. The Morgan fingerprint density at radius 2 is 1.88 bits per heavy atom. The minimum Gasteiger partial charge on any atom is -0.376 e. The summed E-state index contributed by atoms with van der Waals surface area (Å²) >= 11 is 0. The van der Waals surface area contributed by atoms with Crippen molar-refractivity contribution in [3.63, 3.8) is 0 Å². The molecule has 0 aromatic rings. The summed E-state index contributed by atoms with van der Waals surface area (Å²) in [4.78, 5) is 0. The van der Waals surface area contributed by atoms with Gasteiger partial charge in [-0.25, -0.2) is 0 Å². The summed E-state index contributed by atoms with van der Waals surface area (Å²) in [6.45, 7) is 8.48. The summed E-state index contributed by atoms with van der Waals surface area (Å²) in [5.74, 6) is -0.485. The Hall–Kier alpha value is -0.200. The van der Waals surface area contributed by atoms with Crippen LogP contribution in [0.15, 0.2) is 0 Å². The molecule has 2 unspecified atom stereocenters. The van der Waals surface area contributed by atoms with Crippen molar-refractivity contribution >= 4 is 0 Å². The van der Waals surface area contributed by atoms with E-state index in [0.29, 0.717) is 19.8 Å². The van der Waals surface area contributed by atoms with Crippen LogP contribution in [0, 0.1) is 5.41 Å². The fourth-order valence-corrected chi connectivity index (χ4v) is 2.50. The lowest BCUT2D eigenvalue weighted by molar-refractivity contribution is -0.351. The third-order valence-electron chi connectivity index (χ3n) is 3.67. The quantitative estimate of drug-likeness (QED) is 0.710. The van der Waals surface area contributed by atoms with Gasteiger partial charge in [0.05, 0.1) is 45.6 Å². The molecule has 3 aliphatic rings. The molecular formula is C12H21NO4. The van der Waals surface area contributed by atoms with Gasteiger partial charge < -0.3 is 24.3 Å². The average molecular weight is 243 g/mol. The SMILES string of the molecule is CC1(C)COC2(CNC2C2COCCO2)OC1. The highest BCUT2D eigenvalue weighted by Gasteiger charge is 2.56. The molecule has 5 nitrogen and oxygen atoms in total. The lowest BCUT2D eigenvalue weighted by atomic mass is 9.88. The molecule has 1 spiro atoms. The van der Waals surface area contributed by atoms with Crippen molar-refractivity contribution in [3.8, 4) is 0 Å². The first-order valence-corrected chi connectivity index (χ1v) is 6.32. The lowest BCUT2D eigenvalue weighted by Gasteiger charge is -2.56.